The molecule has 0 aromatic heterocycles. The van der Waals surface area contributed by atoms with Crippen LogP contribution in [0.1, 0.15) is 33.1 Å². The smallest absolute Gasteiger partial charge is 0.229 e. The minimum Gasteiger partial charge on any atom is -0.328 e. The number of benzene rings is 1. The van der Waals surface area contributed by atoms with Crippen molar-refractivity contribution in [1.29, 1.82) is 0 Å². The number of nitrogens with two attached hydrogens (primary N) is 1. The summed E-state index contributed by atoms with van der Waals surface area (Å²) in [6, 6.07) is 8.41. The first kappa shape index (κ1) is 15.4. The number of anilines is 1. The van der Waals surface area contributed by atoms with Crippen LogP contribution in [0.4, 0.5) is 5.69 Å². The fourth-order valence-corrected chi connectivity index (χ4v) is 3.53. The first-order chi connectivity index (χ1) is 9.59. The van der Waals surface area contributed by atoms with Gasteiger partial charge < -0.3 is 10.6 Å². The van der Waals surface area contributed by atoms with Gasteiger partial charge in [-0.1, -0.05) is 25.5 Å². The molecule has 1 amide bonds. The standard InChI is InChI=1S/C16H24N2OS/c1-12(6-5-7-13(2)17)16(19)18-10-11-20-15-9-4-3-8-14(15)18/h3-4,8-9,12-13H,5-7,10-11,17H2,1-2H3. The Hall–Kier alpha value is -1.00. The van der Waals surface area contributed by atoms with E-state index in [2.05, 4.69) is 6.07 Å². The van der Waals surface area contributed by atoms with Crippen molar-refractivity contribution in [2.75, 3.05) is 17.2 Å². The van der Waals surface area contributed by atoms with E-state index in [0.29, 0.717) is 0 Å². The second-order valence-electron chi connectivity index (χ2n) is 5.62. The number of amides is 1. The van der Waals surface area contributed by atoms with Crippen LogP contribution in [0.25, 0.3) is 0 Å². The SMILES string of the molecule is CC(N)CCCC(C)C(=O)N1CCSc2ccccc21. The first-order valence-corrected chi connectivity index (χ1v) is 8.37. The highest BCUT2D eigenvalue weighted by atomic mass is 32.2. The topological polar surface area (TPSA) is 46.3 Å². The highest BCUT2D eigenvalue weighted by Gasteiger charge is 2.26. The van der Waals surface area contributed by atoms with Crippen molar-refractivity contribution < 1.29 is 4.79 Å². The molecule has 1 aromatic carbocycles. The van der Waals surface area contributed by atoms with Gasteiger partial charge in [-0.3, -0.25) is 4.79 Å². The zero-order valence-corrected chi connectivity index (χ0v) is 13.2. The number of para-hydroxylation sites is 1. The Kier molecular flexibility index (Phi) is 5.49. The average molecular weight is 292 g/mol. The first-order valence-electron chi connectivity index (χ1n) is 7.38. The number of hydrogen-bond acceptors (Lipinski definition) is 3. The van der Waals surface area contributed by atoms with Crippen LogP contribution < -0.4 is 10.6 Å². The van der Waals surface area contributed by atoms with Gasteiger partial charge in [0.25, 0.3) is 0 Å². The average Bonchev–Trinajstić information content (AvgIpc) is 2.45. The van der Waals surface area contributed by atoms with Gasteiger partial charge in [-0.05, 0) is 31.9 Å². The van der Waals surface area contributed by atoms with Crippen LogP contribution in [0.5, 0.6) is 0 Å². The van der Waals surface area contributed by atoms with Gasteiger partial charge in [-0.15, -0.1) is 11.8 Å². The normalized spacial score (nSPS) is 17.4. The molecule has 0 aliphatic carbocycles. The molecule has 2 atom stereocenters. The van der Waals surface area contributed by atoms with Crippen molar-refractivity contribution >= 4 is 23.4 Å². The third kappa shape index (κ3) is 3.76. The van der Waals surface area contributed by atoms with Crippen molar-refractivity contribution in [3.8, 4) is 0 Å². The third-order valence-electron chi connectivity index (χ3n) is 3.71. The second kappa shape index (κ2) is 7.14. The van der Waals surface area contributed by atoms with Crippen LogP contribution in [0.3, 0.4) is 0 Å². The van der Waals surface area contributed by atoms with E-state index in [0.717, 1.165) is 37.2 Å². The van der Waals surface area contributed by atoms with Crippen molar-refractivity contribution in [2.45, 2.75) is 44.0 Å². The van der Waals surface area contributed by atoms with Crippen molar-refractivity contribution in [2.24, 2.45) is 11.7 Å². The van der Waals surface area contributed by atoms with Gasteiger partial charge in [-0.25, -0.2) is 0 Å². The fourth-order valence-electron chi connectivity index (χ4n) is 2.53. The monoisotopic (exact) mass is 292 g/mol. The molecule has 1 heterocycles. The van der Waals surface area contributed by atoms with E-state index >= 15 is 0 Å². The van der Waals surface area contributed by atoms with Gasteiger partial charge in [0, 0.05) is 29.2 Å². The highest BCUT2D eigenvalue weighted by Crippen LogP contribution is 2.35. The molecule has 0 saturated carbocycles. The lowest BCUT2D eigenvalue weighted by Crippen LogP contribution is -2.39. The van der Waals surface area contributed by atoms with Gasteiger partial charge in [0.05, 0.1) is 5.69 Å². The molecular weight excluding hydrogens is 268 g/mol. The minimum atomic E-state index is 0.0740. The molecule has 0 bridgehead atoms. The summed E-state index contributed by atoms with van der Waals surface area (Å²) in [6.07, 6.45) is 2.94. The Morgan fingerprint density at radius 2 is 2.10 bits per heavy atom. The summed E-state index contributed by atoms with van der Waals surface area (Å²) in [6.45, 7) is 4.87. The quantitative estimate of drug-likeness (QED) is 0.906. The van der Waals surface area contributed by atoms with Gasteiger partial charge in [0.15, 0.2) is 0 Å². The summed E-state index contributed by atoms with van der Waals surface area (Å²) in [5.74, 6) is 1.31. The number of hydrogen-bond donors (Lipinski definition) is 1. The Balaban J connectivity index is 1.99. The molecule has 1 aliphatic heterocycles. The van der Waals surface area contributed by atoms with Gasteiger partial charge in [-0.2, -0.15) is 0 Å². The maximum Gasteiger partial charge on any atom is 0.229 e. The molecule has 2 unspecified atom stereocenters. The van der Waals surface area contributed by atoms with Crippen LogP contribution in [-0.4, -0.2) is 24.2 Å². The lowest BCUT2D eigenvalue weighted by molar-refractivity contribution is -0.122. The van der Waals surface area contributed by atoms with Crippen molar-refractivity contribution in [3.63, 3.8) is 0 Å². The summed E-state index contributed by atoms with van der Waals surface area (Å²) in [5, 5.41) is 0. The lowest BCUT2D eigenvalue weighted by atomic mass is 10.0. The summed E-state index contributed by atoms with van der Waals surface area (Å²) in [5.41, 5.74) is 6.84. The number of carbonyl (C=O) groups excluding carboxylic acids is 1. The van der Waals surface area contributed by atoms with E-state index in [9.17, 15) is 4.79 Å². The predicted octanol–water partition coefficient (Wildman–Crippen LogP) is 3.28. The van der Waals surface area contributed by atoms with Gasteiger partial charge >= 0.3 is 0 Å². The van der Waals surface area contributed by atoms with E-state index in [1.165, 1.54) is 4.90 Å². The molecule has 1 aromatic rings. The molecule has 0 fully saturated rings. The summed E-state index contributed by atoms with van der Waals surface area (Å²) in [7, 11) is 0. The zero-order valence-electron chi connectivity index (χ0n) is 12.3. The van der Waals surface area contributed by atoms with E-state index in [-0.39, 0.29) is 17.9 Å². The van der Waals surface area contributed by atoms with Gasteiger partial charge in [0.1, 0.15) is 0 Å². The molecule has 0 spiro atoms. The number of carbonyl (C=O) groups is 1. The molecule has 2 rings (SSSR count). The summed E-state index contributed by atoms with van der Waals surface area (Å²) >= 11 is 1.83. The maximum atomic E-state index is 12.6. The Bertz CT molecular complexity index is 462. The molecular formula is C16H24N2OS. The molecule has 0 saturated heterocycles. The van der Waals surface area contributed by atoms with E-state index in [1.54, 1.807) is 0 Å². The molecule has 2 N–H and O–H groups in total. The summed E-state index contributed by atoms with van der Waals surface area (Å²) in [4.78, 5) is 15.8. The van der Waals surface area contributed by atoms with Crippen LogP contribution in [0.2, 0.25) is 0 Å². The van der Waals surface area contributed by atoms with Crippen molar-refractivity contribution in [1.82, 2.24) is 0 Å². The van der Waals surface area contributed by atoms with E-state index in [4.69, 9.17) is 5.73 Å². The van der Waals surface area contributed by atoms with Crippen LogP contribution >= 0.6 is 11.8 Å². The maximum absolute atomic E-state index is 12.6. The largest absolute Gasteiger partial charge is 0.328 e. The third-order valence-corrected chi connectivity index (χ3v) is 4.76. The van der Waals surface area contributed by atoms with E-state index in [1.807, 2.05) is 48.7 Å². The summed E-state index contributed by atoms with van der Waals surface area (Å²) < 4.78 is 0. The Labute approximate surface area is 125 Å². The molecule has 1 aliphatic rings. The second-order valence-corrected chi connectivity index (χ2v) is 6.75. The van der Waals surface area contributed by atoms with Crippen LogP contribution in [0.15, 0.2) is 29.2 Å². The molecule has 3 nitrogen and oxygen atoms in total. The van der Waals surface area contributed by atoms with Crippen LogP contribution in [-0.2, 0) is 4.79 Å². The number of rotatable bonds is 5. The lowest BCUT2D eigenvalue weighted by Gasteiger charge is -2.31. The Morgan fingerprint density at radius 1 is 1.35 bits per heavy atom. The molecule has 110 valence electrons. The van der Waals surface area contributed by atoms with Crippen LogP contribution in [0, 0.1) is 5.92 Å². The highest BCUT2D eigenvalue weighted by molar-refractivity contribution is 7.99. The van der Waals surface area contributed by atoms with E-state index < -0.39 is 0 Å². The molecule has 20 heavy (non-hydrogen) atoms. The zero-order chi connectivity index (χ0) is 14.5. The molecule has 0 radical (unpaired) electrons. The Morgan fingerprint density at radius 3 is 2.85 bits per heavy atom. The minimum absolute atomic E-state index is 0.0740. The van der Waals surface area contributed by atoms with Gasteiger partial charge in [0.2, 0.25) is 5.91 Å². The number of nitrogens with zero attached hydrogens (tertiary/aromatic N) is 1. The number of thioether (sulfide) groups is 1. The number of fused-ring (bicyclic) bond motifs is 1. The molecule has 4 heteroatoms. The predicted molar refractivity (Wildman–Crippen MR) is 86.2 cm³/mol. The fraction of sp³-hybridized carbons (Fsp3) is 0.562. The van der Waals surface area contributed by atoms with Crippen molar-refractivity contribution in [3.05, 3.63) is 24.3 Å².